The summed E-state index contributed by atoms with van der Waals surface area (Å²) < 4.78 is 0. The minimum Gasteiger partial charge on any atom is -0.480 e. The van der Waals surface area contributed by atoms with E-state index in [2.05, 4.69) is 18.4 Å². The number of hydrogen-bond acceptors (Lipinski definition) is 8. The van der Waals surface area contributed by atoms with E-state index in [1.54, 1.807) is 0 Å². The van der Waals surface area contributed by atoms with Crippen LogP contribution in [-0.4, -0.2) is 69.3 Å². The van der Waals surface area contributed by atoms with Gasteiger partial charge in [0, 0.05) is 5.75 Å². The van der Waals surface area contributed by atoms with Crippen LogP contribution in [0, 0.1) is 0 Å². The van der Waals surface area contributed by atoms with Gasteiger partial charge in [-0.15, -0.1) is 0 Å². The van der Waals surface area contributed by atoms with Gasteiger partial charge in [-0.25, -0.2) is 0 Å². The summed E-state index contributed by atoms with van der Waals surface area (Å²) in [4.78, 5) is 28.6. The molecular formula is C8H19N3O7S. The summed E-state index contributed by atoms with van der Waals surface area (Å²) in [7, 11) is 0. The Morgan fingerprint density at radius 2 is 1.32 bits per heavy atom. The number of aliphatic carboxylic acids is 3. The van der Waals surface area contributed by atoms with Gasteiger partial charge in [-0.1, -0.05) is 0 Å². The second-order valence-electron chi connectivity index (χ2n) is 2.85. The molecule has 0 amide bonds. The lowest BCUT2D eigenvalue weighted by molar-refractivity contribution is -0.139. The highest BCUT2D eigenvalue weighted by Crippen LogP contribution is 1.80. The van der Waals surface area contributed by atoms with Crippen LogP contribution in [0.25, 0.3) is 0 Å². The maximum absolute atomic E-state index is 9.76. The average molecular weight is 301 g/mol. The van der Waals surface area contributed by atoms with Gasteiger partial charge in [0.15, 0.2) is 0 Å². The predicted octanol–water partition coefficient (Wildman–Crippen LogP) is -3.25. The van der Waals surface area contributed by atoms with Crippen LogP contribution < -0.4 is 17.2 Å². The fraction of sp³-hybridized carbons (Fsp3) is 0.625. The third kappa shape index (κ3) is 22.3. The minimum absolute atomic E-state index is 0.190. The Morgan fingerprint density at radius 1 is 1.00 bits per heavy atom. The molecule has 0 spiro atoms. The molecule has 0 aromatic rings. The van der Waals surface area contributed by atoms with E-state index < -0.39 is 36.6 Å². The van der Waals surface area contributed by atoms with Crippen molar-refractivity contribution in [1.82, 2.24) is 0 Å². The first-order chi connectivity index (χ1) is 8.63. The minimum atomic E-state index is -1.18. The van der Waals surface area contributed by atoms with Gasteiger partial charge in [-0.05, 0) is 0 Å². The van der Waals surface area contributed by atoms with E-state index in [0.717, 1.165) is 0 Å². The molecule has 2 atom stereocenters. The Morgan fingerprint density at radius 3 is 1.32 bits per heavy atom. The summed E-state index contributed by atoms with van der Waals surface area (Å²) in [5.74, 6) is -2.96. The maximum Gasteiger partial charge on any atom is 0.322 e. The molecule has 0 radical (unpaired) electrons. The van der Waals surface area contributed by atoms with Gasteiger partial charge in [0.1, 0.15) is 12.1 Å². The van der Waals surface area contributed by atoms with Gasteiger partial charge >= 0.3 is 17.9 Å². The zero-order valence-corrected chi connectivity index (χ0v) is 10.9. The quantitative estimate of drug-likeness (QED) is 0.237. The maximum atomic E-state index is 9.76. The highest BCUT2D eigenvalue weighted by atomic mass is 32.1. The first-order valence-corrected chi connectivity index (χ1v) is 5.37. The van der Waals surface area contributed by atoms with Crippen molar-refractivity contribution in [1.29, 1.82) is 0 Å². The molecule has 0 bridgehead atoms. The van der Waals surface area contributed by atoms with Crippen LogP contribution in [0.3, 0.4) is 0 Å². The Bertz CT molecular complexity index is 257. The molecule has 0 aromatic carbocycles. The Labute approximate surface area is 114 Å². The van der Waals surface area contributed by atoms with Crippen LogP contribution in [0.2, 0.25) is 0 Å². The number of nitrogens with two attached hydrogens (primary N) is 3. The van der Waals surface area contributed by atoms with Crippen molar-refractivity contribution in [2.24, 2.45) is 17.2 Å². The van der Waals surface area contributed by atoms with Gasteiger partial charge in [-0.2, -0.15) is 12.6 Å². The van der Waals surface area contributed by atoms with Crippen molar-refractivity contribution >= 4 is 30.5 Å². The first kappa shape index (κ1) is 22.8. The van der Waals surface area contributed by atoms with E-state index in [1.165, 1.54) is 0 Å². The molecule has 0 aromatic heterocycles. The van der Waals surface area contributed by atoms with Crippen molar-refractivity contribution < 1.29 is 34.8 Å². The Hall–Kier alpha value is -1.40. The van der Waals surface area contributed by atoms with Crippen LogP contribution in [0.1, 0.15) is 0 Å². The molecule has 0 aliphatic carbocycles. The molecule has 11 heteroatoms. The van der Waals surface area contributed by atoms with Crippen LogP contribution in [-0.2, 0) is 14.4 Å². The largest absolute Gasteiger partial charge is 0.480 e. The molecule has 0 unspecified atom stereocenters. The van der Waals surface area contributed by atoms with E-state index in [0.29, 0.717) is 0 Å². The summed E-state index contributed by atoms with van der Waals surface area (Å²) in [6.07, 6.45) is 0. The van der Waals surface area contributed by atoms with Crippen molar-refractivity contribution in [3.63, 3.8) is 0 Å². The highest BCUT2D eigenvalue weighted by molar-refractivity contribution is 7.80. The normalized spacial score (nSPS) is 11.8. The van der Waals surface area contributed by atoms with Gasteiger partial charge in [-0.3, -0.25) is 14.4 Å². The van der Waals surface area contributed by atoms with Gasteiger partial charge in [0.2, 0.25) is 0 Å². The number of aliphatic hydroxyl groups excluding tert-OH is 1. The Kier molecular flexibility index (Phi) is 17.6. The lowest BCUT2D eigenvalue weighted by atomic mass is 10.3. The molecular weight excluding hydrogens is 282 g/mol. The van der Waals surface area contributed by atoms with E-state index >= 15 is 0 Å². The number of thiol groups is 1. The van der Waals surface area contributed by atoms with Crippen LogP contribution in [0.15, 0.2) is 0 Å². The Balaban J connectivity index is -0.000000206. The number of aliphatic hydroxyl groups is 1. The second-order valence-corrected chi connectivity index (χ2v) is 3.22. The molecule has 0 heterocycles. The first-order valence-electron chi connectivity index (χ1n) is 4.74. The third-order valence-corrected chi connectivity index (χ3v) is 1.60. The molecule has 0 aliphatic heterocycles. The smallest absolute Gasteiger partial charge is 0.322 e. The number of carboxylic acids is 3. The van der Waals surface area contributed by atoms with E-state index in [-0.39, 0.29) is 12.3 Å². The zero-order valence-electron chi connectivity index (χ0n) is 9.97. The number of hydrogen-bond donors (Lipinski definition) is 8. The molecule has 0 saturated heterocycles. The van der Waals surface area contributed by atoms with Crippen molar-refractivity contribution in [2.75, 3.05) is 18.9 Å². The van der Waals surface area contributed by atoms with Crippen molar-refractivity contribution in [2.45, 2.75) is 12.1 Å². The number of rotatable bonds is 5. The molecule has 19 heavy (non-hydrogen) atoms. The fourth-order valence-electron chi connectivity index (χ4n) is 0.156. The third-order valence-electron chi connectivity index (χ3n) is 1.20. The molecule has 10 N–H and O–H groups in total. The second kappa shape index (κ2) is 14.7. The van der Waals surface area contributed by atoms with E-state index in [9.17, 15) is 14.4 Å². The molecule has 114 valence electrons. The van der Waals surface area contributed by atoms with E-state index in [4.69, 9.17) is 31.9 Å². The summed E-state index contributed by atoms with van der Waals surface area (Å²) in [5.41, 5.74) is 14.3. The van der Waals surface area contributed by atoms with Crippen LogP contribution >= 0.6 is 12.6 Å². The van der Waals surface area contributed by atoms with Crippen LogP contribution in [0.5, 0.6) is 0 Å². The molecule has 10 nitrogen and oxygen atoms in total. The summed E-state index contributed by atoms with van der Waals surface area (Å²) in [6.45, 7) is -0.782. The van der Waals surface area contributed by atoms with Gasteiger partial charge in [0.05, 0.1) is 13.2 Å². The van der Waals surface area contributed by atoms with E-state index in [1.807, 2.05) is 0 Å². The number of carbonyl (C=O) groups is 3. The van der Waals surface area contributed by atoms with Crippen molar-refractivity contribution in [3.05, 3.63) is 0 Å². The van der Waals surface area contributed by atoms with Gasteiger partial charge in [0.25, 0.3) is 0 Å². The number of carboxylic acid groups (broad SMARTS) is 3. The average Bonchev–Trinajstić information content (AvgIpc) is 2.37. The predicted molar refractivity (Wildman–Crippen MR) is 68.9 cm³/mol. The lowest BCUT2D eigenvalue weighted by Gasteiger charge is -1.96. The van der Waals surface area contributed by atoms with Crippen molar-refractivity contribution in [3.8, 4) is 0 Å². The monoisotopic (exact) mass is 301 g/mol. The molecule has 0 aliphatic rings. The zero-order chi connectivity index (χ0) is 16.0. The van der Waals surface area contributed by atoms with Crippen LogP contribution in [0.4, 0.5) is 0 Å². The summed E-state index contributed by atoms with van der Waals surface area (Å²) >= 11 is 3.65. The lowest BCUT2D eigenvalue weighted by Crippen LogP contribution is -2.33. The molecule has 0 saturated carbocycles. The highest BCUT2D eigenvalue weighted by Gasteiger charge is 2.07. The topological polar surface area (TPSA) is 210 Å². The molecule has 0 fully saturated rings. The summed E-state index contributed by atoms with van der Waals surface area (Å²) in [6, 6.07) is -1.94. The summed E-state index contributed by atoms with van der Waals surface area (Å²) in [5, 5.41) is 31.5. The SMILES string of the molecule is NCC(=O)O.N[C@@H](CO)C(=O)O.N[C@@H](CS)C(=O)O. The standard InChI is InChI=1S/C3H7NO3.C3H7NO2S.C2H5NO2/c4-2(1-5)3(6)7;4-2(1-7)3(5)6;3-1-2(4)5/h2,5H,1,4H2,(H,6,7);2,7H,1,4H2,(H,5,6);1,3H2,(H,4,5)/t2*2-;/m00./s1. The fourth-order valence-corrected chi connectivity index (χ4v) is 0.312. The molecule has 0 rings (SSSR count). The van der Waals surface area contributed by atoms with Gasteiger partial charge < -0.3 is 37.6 Å².